The van der Waals surface area contributed by atoms with Gasteiger partial charge in [-0.15, -0.1) is 5.10 Å². The molecule has 3 aromatic rings. The van der Waals surface area contributed by atoms with E-state index in [1.54, 1.807) is 36.4 Å². The molecule has 0 saturated heterocycles. The first-order valence-electron chi connectivity index (χ1n) is 7.68. The fourth-order valence-corrected chi connectivity index (χ4v) is 3.45. The van der Waals surface area contributed by atoms with E-state index in [-0.39, 0.29) is 28.1 Å². The average Bonchev–Trinajstić information content (AvgIpc) is 2.95. The van der Waals surface area contributed by atoms with Gasteiger partial charge in [-0.2, -0.15) is 0 Å². The lowest BCUT2D eigenvalue weighted by Gasteiger charge is -2.16. The van der Waals surface area contributed by atoms with Crippen LogP contribution in [-0.2, 0) is 6.54 Å². The van der Waals surface area contributed by atoms with Gasteiger partial charge in [0, 0.05) is 20.6 Å². The number of amides is 1. The van der Waals surface area contributed by atoms with Crippen molar-refractivity contribution in [1.29, 1.82) is 0 Å². The monoisotopic (exact) mass is 425 g/mol. The van der Waals surface area contributed by atoms with Gasteiger partial charge in [0.25, 0.3) is 5.91 Å². The lowest BCUT2D eigenvalue weighted by molar-refractivity contribution is 0.0996. The van der Waals surface area contributed by atoms with Gasteiger partial charge in [0.1, 0.15) is 6.10 Å². The molecule has 0 spiro atoms. The first-order chi connectivity index (χ1) is 12.8. The van der Waals surface area contributed by atoms with Gasteiger partial charge >= 0.3 is 0 Å². The number of hydrogen-bond acceptors (Lipinski definition) is 5. The fraction of sp³-hybridized carbons (Fsp3) is 0.118. The Labute approximate surface area is 169 Å². The number of primary amides is 1. The number of benzene rings is 2. The van der Waals surface area contributed by atoms with Crippen LogP contribution >= 0.6 is 34.8 Å². The van der Waals surface area contributed by atoms with Crippen molar-refractivity contribution in [2.45, 2.75) is 12.6 Å². The molecule has 1 amide bonds. The second-order valence-corrected chi connectivity index (χ2v) is 7.02. The highest BCUT2D eigenvalue weighted by Crippen LogP contribution is 2.35. The van der Waals surface area contributed by atoms with Gasteiger partial charge in [-0.25, -0.2) is 4.68 Å². The maximum absolute atomic E-state index is 11.2. The number of rotatable bonds is 5. The lowest BCUT2D eigenvalue weighted by Crippen LogP contribution is -2.15. The summed E-state index contributed by atoms with van der Waals surface area (Å²) in [5.41, 5.74) is 12.5. The van der Waals surface area contributed by atoms with Crippen molar-refractivity contribution in [3.8, 4) is 0 Å². The van der Waals surface area contributed by atoms with E-state index in [0.29, 0.717) is 21.7 Å². The summed E-state index contributed by atoms with van der Waals surface area (Å²) in [5, 5.41) is 19.2. The quantitative estimate of drug-likeness (QED) is 0.579. The molecule has 7 nitrogen and oxygen atoms in total. The maximum Gasteiger partial charge on any atom is 0.273 e. The van der Waals surface area contributed by atoms with Crippen molar-refractivity contribution in [2.24, 2.45) is 5.73 Å². The number of carbonyl (C=O) groups excluding carboxylic acids is 1. The molecule has 0 saturated carbocycles. The number of nitrogen functional groups attached to an aromatic ring is 1. The van der Waals surface area contributed by atoms with E-state index in [1.807, 2.05) is 0 Å². The van der Waals surface area contributed by atoms with Gasteiger partial charge in [-0.05, 0) is 35.4 Å². The van der Waals surface area contributed by atoms with Crippen LogP contribution in [0.2, 0.25) is 15.1 Å². The molecule has 140 valence electrons. The molecule has 0 aliphatic carbocycles. The van der Waals surface area contributed by atoms with Crippen LogP contribution in [0.3, 0.4) is 0 Å². The molecule has 1 aromatic heterocycles. The molecular formula is C17H14Cl3N5O2. The minimum absolute atomic E-state index is 0.0417. The summed E-state index contributed by atoms with van der Waals surface area (Å²) in [6.07, 6.45) is -1.02. The molecule has 1 heterocycles. The largest absolute Gasteiger partial charge is 0.384 e. The van der Waals surface area contributed by atoms with Crippen LogP contribution in [0.15, 0.2) is 36.4 Å². The van der Waals surface area contributed by atoms with Crippen LogP contribution < -0.4 is 11.5 Å². The summed E-state index contributed by atoms with van der Waals surface area (Å²) in [6.45, 7) is 0.170. The molecule has 1 atom stereocenters. The summed E-state index contributed by atoms with van der Waals surface area (Å²) >= 11 is 18.6. The standard InChI is InChI=1S/C17H14Cl3N5O2/c18-10-3-1-9(2-4-10)15(26)13-11(19)5-8(6-12(13)20)7-25-16(21)14(17(22)27)23-24-25/h1-6,15,26H,7,21H2,(H2,22,27). The number of halogens is 3. The van der Waals surface area contributed by atoms with Crippen molar-refractivity contribution in [3.05, 3.63) is 73.9 Å². The van der Waals surface area contributed by atoms with Gasteiger partial charge in [0.15, 0.2) is 11.5 Å². The van der Waals surface area contributed by atoms with Gasteiger partial charge in [-0.1, -0.05) is 52.1 Å². The highest BCUT2D eigenvalue weighted by atomic mass is 35.5. The number of carbonyl (C=O) groups is 1. The Balaban J connectivity index is 1.91. The fourth-order valence-electron chi connectivity index (χ4n) is 2.59. The number of aliphatic hydroxyl groups is 1. The smallest absolute Gasteiger partial charge is 0.273 e. The zero-order valence-electron chi connectivity index (χ0n) is 13.7. The second kappa shape index (κ2) is 7.74. The normalized spacial score (nSPS) is 12.1. The first-order valence-corrected chi connectivity index (χ1v) is 8.81. The summed E-state index contributed by atoms with van der Waals surface area (Å²) in [7, 11) is 0. The lowest BCUT2D eigenvalue weighted by atomic mass is 10.00. The number of anilines is 1. The van der Waals surface area contributed by atoms with Gasteiger partial charge < -0.3 is 16.6 Å². The first kappa shape index (κ1) is 19.4. The topological polar surface area (TPSA) is 120 Å². The van der Waals surface area contributed by atoms with E-state index in [2.05, 4.69) is 10.3 Å². The molecular weight excluding hydrogens is 413 g/mol. The number of nitrogens with zero attached hydrogens (tertiary/aromatic N) is 3. The van der Waals surface area contributed by atoms with Gasteiger partial charge in [0.2, 0.25) is 0 Å². The third-order valence-corrected chi connectivity index (χ3v) is 4.81. The van der Waals surface area contributed by atoms with E-state index in [0.717, 1.165) is 0 Å². The Bertz CT molecular complexity index is 981. The van der Waals surface area contributed by atoms with E-state index in [1.165, 1.54) is 4.68 Å². The van der Waals surface area contributed by atoms with Crippen molar-refractivity contribution in [1.82, 2.24) is 15.0 Å². The predicted octanol–water partition coefficient (Wildman–Crippen LogP) is 3.05. The summed E-state index contributed by atoms with van der Waals surface area (Å²) in [5.74, 6) is -0.726. The van der Waals surface area contributed by atoms with Crippen molar-refractivity contribution in [2.75, 3.05) is 5.73 Å². The van der Waals surface area contributed by atoms with Crippen molar-refractivity contribution in [3.63, 3.8) is 0 Å². The SMILES string of the molecule is NC(=O)c1nnn(Cc2cc(Cl)c(C(O)c3ccc(Cl)cc3)c(Cl)c2)c1N. The second-order valence-electron chi connectivity index (χ2n) is 5.77. The molecule has 0 fully saturated rings. The minimum atomic E-state index is -1.02. The maximum atomic E-state index is 11.2. The third-order valence-electron chi connectivity index (χ3n) is 3.94. The average molecular weight is 427 g/mol. The van der Waals surface area contributed by atoms with Crippen LogP contribution in [0.25, 0.3) is 0 Å². The van der Waals surface area contributed by atoms with Gasteiger partial charge in [-0.3, -0.25) is 4.79 Å². The Kier molecular flexibility index (Phi) is 5.57. The van der Waals surface area contributed by atoms with E-state index >= 15 is 0 Å². The third kappa shape index (κ3) is 4.01. The highest BCUT2D eigenvalue weighted by molar-refractivity contribution is 6.36. The van der Waals surface area contributed by atoms with E-state index < -0.39 is 12.0 Å². The molecule has 3 rings (SSSR count). The summed E-state index contributed by atoms with van der Waals surface area (Å²) < 4.78 is 1.30. The summed E-state index contributed by atoms with van der Waals surface area (Å²) in [4.78, 5) is 11.2. The zero-order chi connectivity index (χ0) is 19.7. The molecule has 2 aromatic carbocycles. The number of nitrogens with two attached hydrogens (primary N) is 2. The molecule has 0 aliphatic heterocycles. The van der Waals surface area contributed by atoms with Crippen LogP contribution in [0.5, 0.6) is 0 Å². The van der Waals surface area contributed by atoms with Gasteiger partial charge in [0.05, 0.1) is 6.54 Å². The Morgan fingerprint density at radius 2 is 1.74 bits per heavy atom. The number of hydrogen-bond donors (Lipinski definition) is 3. The minimum Gasteiger partial charge on any atom is -0.384 e. The van der Waals surface area contributed by atoms with Crippen LogP contribution in [0.4, 0.5) is 5.82 Å². The predicted molar refractivity (Wildman–Crippen MR) is 104 cm³/mol. The summed E-state index contributed by atoms with van der Waals surface area (Å²) in [6, 6.07) is 9.98. The molecule has 10 heteroatoms. The van der Waals surface area contributed by atoms with E-state index in [9.17, 15) is 9.90 Å². The van der Waals surface area contributed by atoms with E-state index in [4.69, 9.17) is 46.3 Å². The number of aromatic nitrogens is 3. The molecule has 27 heavy (non-hydrogen) atoms. The van der Waals surface area contributed by atoms with Crippen molar-refractivity contribution < 1.29 is 9.90 Å². The molecule has 0 radical (unpaired) electrons. The van der Waals surface area contributed by atoms with Crippen LogP contribution in [0.1, 0.15) is 33.3 Å². The Hall–Kier alpha value is -2.32. The number of aliphatic hydroxyl groups excluding tert-OH is 1. The Morgan fingerprint density at radius 1 is 1.15 bits per heavy atom. The van der Waals surface area contributed by atoms with Crippen LogP contribution in [0, 0.1) is 0 Å². The van der Waals surface area contributed by atoms with Crippen molar-refractivity contribution >= 4 is 46.5 Å². The Morgan fingerprint density at radius 3 is 2.26 bits per heavy atom. The van der Waals surface area contributed by atoms with Crippen LogP contribution in [-0.4, -0.2) is 26.0 Å². The molecule has 1 unspecified atom stereocenters. The zero-order valence-corrected chi connectivity index (χ0v) is 16.0. The molecule has 0 aliphatic rings. The molecule has 0 bridgehead atoms. The highest BCUT2D eigenvalue weighted by Gasteiger charge is 2.20. The molecule has 5 N–H and O–H groups in total.